The Hall–Kier alpha value is -1.04. The van der Waals surface area contributed by atoms with Gasteiger partial charge in [-0.05, 0) is 32.4 Å². The number of nitro groups is 1. The largest absolute Gasteiger partial charge is 0.487 e. The van der Waals surface area contributed by atoms with E-state index in [9.17, 15) is 10.1 Å². The highest BCUT2D eigenvalue weighted by Crippen LogP contribution is 2.40. The maximum absolute atomic E-state index is 10.7. The summed E-state index contributed by atoms with van der Waals surface area (Å²) in [6.07, 6.45) is 1.95. The Labute approximate surface area is 121 Å². The van der Waals surface area contributed by atoms with Gasteiger partial charge in [0.05, 0.1) is 21.1 Å². The van der Waals surface area contributed by atoms with Crippen LogP contribution in [0.3, 0.4) is 0 Å². The van der Waals surface area contributed by atoms with Crippen LogP contribution < -0.4 is 10.1 Å². The highest BCUT2D eigenvalue weighted by atomic mass is 35.5. The summed E-state index contributed by atoms with van der Waals surface area (Å²) in [5, 5.41) is 14.1. The molecule has 0 radical (unpaired) electrons. The molecule has 1 fully saturated rings. The molecular formula is C12H14Cl2N2O3. The van der Waals surface area contributed by atoms with E-state index < -0.39 is 4.92 Å². The molecule has 1 saturated carbocycles. The van der Waals surface area contributed by atoms with E-state index >= 15 is 0 Å². The van der Waals surface area contributed by atoms with Gasteiger partial charge in [-0.1, -0.05) is 23.2 Å². The molecular weight excluding hydrogens is 291 g/mol. The number of hydrogen-bond donors (Lipinski definition) is 1. The molecule has 5 nitrogen and oxygen atoms in total. The molecule has 104 valence electrons. The van der Waals surface area contributed by atoms with E-state index in [4.69, 9.17) is 27.9 Å². The molecule has 1 aliphatic rings. The predicted molar refractivity (Wildman–Crippen MR) is 74.2 cm³/mol. The van der Waals surface area contributed by atoms with Crippen molar-refractivity contribution < 1.29 is 9.66 Å². The first kappa shape index (κ1) is 14.4. The van der Waals surface area contributed by atoms with E-state index in [-0.39, 0.29) is 21.8 Å². The van der Waals surface area contributed by atoms with Gasteiger partial charge in [0.2, 0.25) is 0 Å². The number of nitrogens with one attached hydrogen (secondary N) is 1. The third kappa shape index (κ3) is 3.29. The number of nitro benzene ring substituents is 1. The zero-order valence-corrected chi connectivity index (χ0v) is 11.9. The van der Waals surface area contributed by atoms with Crippen LogP contribution in [0.4, 0.5) is 5.69 Å². The van der Waals surface area contributed by atoms with Gasteiger partial charge in [-0.2, -0.15) is 0 Å². The number of non-ortho nitro benzene ring substituents is 1. The van der Waals surface area contributed by atoms with Crippen molar-refractivity contribution in [2.24, 2.45) is 5.92 Å². The molecule has 0 aromatic heterocycles. The number of benzene rings is 1. The fourth-order valence-electron chi connectivity index (χ4n) is 2.16. The molecule has 0 heterocycles. The van der Waals surface area contributed by atoms with E-state index in [1.165, 1.54) is 12.1 Å². The van der Waals surface area contributed by atoms with Crippen molar-refractivity contribution in [2.45, 2.75) is 18.9 Å². The molecule has 0 spiro atoms. The molecule has 0 saturated heterocycles. The SMILES string of the molecule is CNCC1CC(Oc2c(Cl)cc([N+](=O)[O-])cc2Cl)C1. The Morgan fingerprint density at radius 3 is 2.47 bits per heavy atom. The number of rotatable bonds is 5. The van der Waals surface area contributed by atoms with E-state index in [1.54, 1.807) is 0 Å². The van der Waals surface area contributed by atoms with Crippen LogP contribution in [-0.2, 0) is 0 Å². The topological polar surface area (TPSA) is 64.4 Å². The summed E-state index contributed by atoms with van der Waals surface area (Å²) < 4.78 is 5.71. The van der Waals surface area contributed by atoms with Gasteiger partial charge in [0.25, 0.3) is 5.69 Å². The van der Waals surface area contributed by atoms with Gasteiger partial charge in [-0.25, -0.2) is 0 Å². The van der Waals surface area contributed by atoms with E-state index in [2.05, 4.69) is 5.32 Å². The zero-order chi connectivity index (χ0) is 14.0. The Kier molecular flexibility index (Phi) is 4.50. The molecule has 1 aliphatic carbocycles. The van der Waals surface area contributed by atoms with E-state index in [1.807, 2.05) is 7.05 Å². The van der Waals surface area contributed by atoms with Crippen molar-refractivity contribution in [1.29, 1.82) is 0 Å². The Morgan fingerprint density at radius 2 is 2.00 bits per heavy atom. The maximum atomic E-state index is 10.7. The van der Waals surface area contributed by atoms with Crippen molar-refractivity contribution in [3.8, 4) is 5.75 Å². The second kappa shape index (κ2) is 5.94. The molecule has 2 rings (SSSR count). The Bertz CT molecular complexity index is 467. The Morgan fingerprint density at radius 1 is 1.42 bits per heavy atom. The van der Waals surface area contributed by atoms with Crippen molar-refractivity contribution in [1.82, 2.24) is 5.32 Å². The summed E-state index contributed by atoms with van der Waals surface area (Å²) in [4.78, 5) is 10.1. The minimum Gasteiger partial charge on any atom is -0.487 e. The summed E-state index contributed by atoms with van der Waals surface area (Å²) in [5.41, 5.74) is -0.135. The van der Waals surface area contributed by atoms with Crippen molar-refractivity contribution >= 4 is 28.9 Å². The molecule has 7 heteroatoms. The lowest BCUT2D eigenvalue weighted by Gasteiger charge is -2.35. The van der Waals surface area contributed by atoms with Crippen molar-refractivity contribution in [3.05, 3.63) is 32.3 Å². The minimum absolute atomic E-state index is 0.0785. The second-order valence-electron chi connectivity index (χ2n) is 4.63. The summed E-state index contributed by atoms with van der Waals surface area (Å²) in [5.74, 6) is 0.937. The number of halogens is 2. The Balaban J connectivity index is 2.04. The first-order valence-corrected chi connectivity index (χ1v) is 6.71. The molecule has 0 aliphatic heterocycles. The average molecular weight is 305 g/mol. The summed E-state index contributed by atoms with van der Waals surface area (Å²) >= 11 is 12.0. The lowest BCUT2D eigenvalue weighted by Crippen LogP contribution is -2.38. The standard InChI is InChI=1S/C12H14Cl2N2O3/c1-15-6-7-2-9(3-7)19-12-10(13)4-8(16(17)18)5-11(12)14/h4-5,7,9,15H,2-3,6H2,1H3. The lowest BCUT2D eigenvalue weighted by molar-refractivity contribution is -0.384. The fourth-order valence-corrected chi connectivity index (χ4v) is 2.72. The van der Waals surface area contributed by atoms with Crippen molar-refractivity contribution in [3.63, 3.8) is 0 Å². The highest BCUT2D eigenvalue weighted by Gasteiger charge is 2.31. The number of hydrogen-bond acceptors (Lipinski definition) is 4. The summed E-state index contributed by atoms with van der Waals surface area (Å²) in [7, 11) is 1.91. The number of nitrogens with zero attached hydrogens (tertiary/aromatic N) is 1. The van der Waals surface area contributed by atoms with Crippen LogP contribution in [-0.4, -0.2) is 24.6 Å². The smallest absolute Gasteiger partial charge is 0.272 e. The predicted octanol–water partition coefficient (Wildman–Crippen LogP) is 3.28. The zero-order valence-electron chi connectivity index (χ0n) is 10.4. The molecule has 0 bridgehead atoms. The van der Waals surface area contributed by atoms with Crippen LogP contribution in [0.15, 0.2) is 12.1 Å². The van der Waals surface area contributed by atoms with E-state index in [0.717, 1.165) is 19.4 Å². The molecule has 0 unspecified atom stereocenters. The summed E-state index contributed by atoms with van der Waals surface area (Å²) in [6, 6.07) is 2.51. The average Bonchev–Trinajstić information content (AvgIpc) is 2.29. The highest BCUT2D eigenvalue weighted by molar-refractivity contribution is 6.37. The van der Waals surface area contributed by atoms with Gasteiger partial charge in [0.1, 0.15) is 0 Å². The number of ether oxygens (including phenoxy) is 1. The monoisotopic (exact) mass is 304 g/mol. The van der Waals surface area contributed by atoms with Crippen LogP contribution in [0.2, 0.25) is 10.0 Å². The molecule has 1 aromatic rings. The third-order valence-electron chi connectivity index (χ3n) is 3.16. The lowest BCUT2D eigenvalue weighted by atomic mass is 9.82. The quantitative estimate of drug-likeness (QED) is 0.670. The second-order valence-corrected chi connectivity index (χ2v) is 5.45. The van der Waals surface area contributed by atoms with Gasteiger partial charge in [0.15, 0.2) is 5.75 Å². The van der Waals surface area contributed by atoms with Gasteiger partial charge >= 0.3 is 0 Å². The van der Waals surface area contributed by atoms with E-state index in [0.29, 0.717) is 11.7 Å². The van der Waals surface area contributed by atoms with Crippen LogP contribution in [0, 0.1) is 16.0 Å². The van der Waals surface area contributed by atoms with Gasteiger partial charge in [0, 0.05) is 12.1 Å². The maximum Gasteiger partial charge on any atom is 0.272 e. The molecule has 0 amide bonds. The normalized spacial score (nSPS) is 21.8. The first-order valence-electron chi connectivity index (χ1n) is 5.96. The fraction of sp³-hybridized carbons (Fsp3) is 0.500. The molecule has 1 N–H and O–H groups in total. The third-order valence-corrected chi connectivity index (χ3v) is 3.73. The van der Waals surface area contributed by atoms with Gasteiger partial charge in [-0.3, -0.25) is 10.1 Å². The van der Waals surface area contributed by atoms with Gasteiger partial charge < -0.3 is 10.1 Å². The van der Waals surface area contributed by atoms with Gasteiger partial charge in [-0.15, -0.1) is 0 Å². The van der Waals surface area contributed by atoms with Crippen molar-refractivity contribution in [2.75, 3.05) is 13.6 Å². The van der Waals surface area contributed by atoms with Crippen LogP contribution in [0.5, 0.6) is 5.75 Å². The molecule has 0 atom stereocenters. The molecule has 1 aromatic carbocycles. The van der Waals surface area contributed by atoms with Crippen LogP contribution >= 0.6 is 23.2 Å². The van der Waals surface area contributed by atoms with Crippen LogP contribution in [0.1, 0.15) is 12.8 Å². The minimum atomic E-state index is -0.534. The first-order chi connectivity index (χ1) is 9.01. The summed E-state index contributed by atoms with van der Waals surface area (Å²) in [6.45, 7) is 0.960. The van der Waals surface area contributed by atoms with Crippen LogP contribution in [0.25, 0.3) is 0 Å². The molecule has 19 heavy (non-hydrogen) atoms.